The van der Waals surface area contributed by atoms with Crippen LogP contribution in [0, 0.1) is 6.92 Å². The zero-order valence-corrected chi connectivity index (χ0v) is 15.4. The zero-order chi connectivity index (χ0) is 18.1. The third-order valence-electron chi connectivity index (χ3n) is 4.61. The van der Waals surface area contributed by atoms with E-state index < -0.39 is 0 Å². The fraction of sp³-hybridized carbons (Fsp3) is 0.300. The predicted octanol–water partition coefficient (Wildman–Crippen LogP) is 4.05. The summed E-state index contributed by atoms with van der Waals surface area (Å²) in [6.07, 6.45) is 0. The van der Waals surface area contributed by atoms with Crippen LogP contribution in [-0.4, -0.2) is 29.3 Å². The van der Waals surface area contributed by atoms with Crippen LogP contribution in [0.1, 0.15) is 35.3 Å². The molecule has 0 N–H and O–H groups in total. The molecule has 2 aromatic rings. The molecule has 25 heavy (non-hydrogen) atoms. The Hall–Kier alpha value is -2.33. The Morgan fingerprint density at radius 1 is 1.16 bits per heavy atom. The number of rotatable bonds is 1. The summed E-state index contributed by atoms with van der Waals surface area (Å²) in [5, 5.41) is 0.447. The van der Waals surface area contributed by atoms with E-state index in [4.69, 9.17) is 11.6 Å². The van der Waals surface area contributed by atoms with Crippen LogP contribution in [0.2, 0.25) is 5.02 Å². The second kappa shape index (κ2) is 6.89. The first kappa shape index (κ1) is 17.5. The van der Waals surface area contributed by atoms with Gasteiger partial charge in [0.1, 0.15) is 0 Å². The van der Waals surface area contributed by atoms with Crippen LogP contribution in [0.15, 0.2) is 42.5 Å². The van der Waals surface area contributed by atoms with E-state index >= 15 is 0 Å². The summed E-state index contributed by atoms with van der Waals surface area (Å²) in [6, 6.07) is 13.1. The van der Waals surface area contributed by atoms with Crippen molar-refractivity contribution >= 4 is 29.1 Å². The third-order valence-corrected chi connectivity index (χ3v) is 4.92. The van der Waals surface area contributed by atoms with Crippen molar-refractivity contribution in [1.82, 2.24) is 4.90 Å². The first-order chi connectivity index (χ1) is 11.9. The van der Waals surface area contributed by atoms with E-state index in [-0.39, 0.29) is 17.9 Å². The summed E-state index contributed by atoms with van der Waals surface area (Å²) in [5.41, 5.74) is 3.28. The predicted molar refractivity (Wildman–Crippen MR) is 100.0 cm³/mol. The summed E-state index contributed by atoms with van der Waals surface area (Å²) >= 11 is 6.31. The van der Waals surface area contributed by atoms with Crippen molar-refractivity contribution in [3.8, 4) is 0 Å². The van der Waals surface area contributed by atoms with Crippen LogP contribution >= 0.6 is 11.6 Å². The van der Waals surface area contributed by atoms with Crippen LogP contribution in [0.25, 0.3) is 0 Å². The van der Waals surface area contributed by atoms with Crippen molar-refractivity contribution < 1.29 is 9.59 Å². The second-order valence-electron chi connectivity index (χ2n) is 6.52. The third kappa shape index (κ3) is 3.40. The molecular weight excluding hydrogens is 336 g/mol. The van der Waals surface area contributed by atoms with Crippen LogP contribution in [-0.2, 0) is 11.3 Å². The molecule has 2 aromatic carbocycles. The quantitative estimate of drug-likeness (QED) is 0.773. The molecule has 0 aromatic heterocycles. The van der Waals surface area contributed by atoms with Crippen molar-refractivity contribution in [2.24, 2.45) is 0 Å². The molecule has 4 nitrogen and oxygen atoms in total. The lowest BCUT2D eigenvalue weighted by atomic mass is 10.1. The molecule has 0 saturated carbocycles. The van der Waals surface area contributed by atoms with Gasteiger partial charge in [-0.15, -0.1) is 0 Å². The molecule has 0 bridgehead atoms. The minimum atomic E-state index is -0.144. The van der Waals surface area contributed by atoms with E-state index in [1.165, 1.54) is 0 Å². The molecule has 0 spiro atoms. The summed E-state index contributed by atoms with van der Waals surface area (Å²) in [5.74, 6) is -0.139. The fourth-order valence-electron chi connectivity index (χ4n) is 3.26. The maximum Gasteiger partial charge on any atom is 0.259 e. The molecule has 1 atom stereocenters. The molecule has 0 saturated heterocycles. The van der Waals surface area contributed by atoms with Gasteiger partial charge in [-0.25, -0.2) is 0 Å². The van der Waals surface area contributed by atoms with E-state index in [0.29, 0.717) is 23.7 Å². The first-order valence-electron chi connectivity index (χ1n) is 8.31. The molecular formula is C20H21ClN2O2. The average molecular weight is 357 g/mol. The van der Waals surface area contributed by atoms with Gasteiger partial charge in [0, 0.05) is 31.7 Å². The Labute approximate surface area is 153 Å². The van der Waals surface area contributed by atoms with Gasteiger partial charge in [0.15, 0.2) is 0 Å². The number of halogens is 1. The Balaban J connectivity index is 2.05. The Kier molecular flexibility index (Phi) is 4.82. The lowest BCUT2D eigenvalue weighted by molar-refractivity contribution is -0.131. The second-order valence-corrected chi connectivity index (χ2v) is 6.93. The molecule has 0 unspecified atom stereocenters. The van der Waals surface area contributed by atoms with Crippen LogP contribution in [0.4, 0.5) is 5.69 Å². The van der Waals surface area contributed by atoms with Gasteiger partial charge in [0.2, 0.25) is 5.91 Å². The van der Waals surface area contributed by atoms with Gasteiger partial charge in [-0.2, -0.15) is 0 Å². The zero-order valence-electron chi connectivity index (χ0n) is 14.6. The molecule has 5 heteroatoms. The molecule has 1 heterocycles. The SMILES string of the molecule is CC(=O)N1Cc2ccccc2N(C(=O)c2ccc(C)cc2Cl)C[C@H]1C. The fourth-order valence-corrected chi connectivity index (χ4v) is 3.58. The Morgan fingerprint density at radius 3 is 2.56 bits per heavy atom. The normalized spacial score (nSPS) is 17.0. The molecule has 0 fully saturated rings. The van der Waals surface area contributed by atoms with E-state index in [0.717, 1.165) is 16.8 Å². The van der Waals surface area contributed by atoms with Crippen LogP contribution in [0.3, 0.4) is 0 Å². The smallest absolute Gasteiger partial charge is 0.259 e. The summed E-state index contributed by atoms with van der Waals surface area (Å²) in [4.78, 5) is 28.7. The van der Waals surface area contributed by atoms with Crippen molar-refractivity contribution in [3.63, 3.8) is 0 Å². The Bertz CT molecular complexity index is 834. The molecule has 1 aliphatic rings. The highest BCUT2D eigenvalue weighted by Crippen LogP contribution is 2.30. The minimum Gasteiger partial charge on any atom is -0.334 e. The highest BCUT2D eigenvalue weighted by Gasteiger charge is 2.30. The van der Waals surface area contributed by atoms with E-state index in [9.17, 15) is 9.59 Å². The first-order valence-corrected chi connectivity index (χ1v) is 8.69. The number of hydrogen-bond acceptors (Lipinski definition) is 2. The molecule has 130 valence electrons. The van der Waals surface area contributed by atoms with Crippen molar-refractivity contribution in [2.45, 2.75) is 33.4 Å². The number of carbonyl (C=O) groups excluding carboxylic acids is 2. The Morgan fingerprint density at radius 2 is 1.88 bits per heavy atom. The van der Waals surface area contributed by atoms with Gasteiger partial charge in [-0.3, -0.25) is 9.59 Å². The number of fused-ring (bicyclic) bond motifs is 1. The highest BCUT2D eigenvalue weighted by molar-refractivity contribution is 6.34. The van der Waals surface area contributed by atoms with Gasteiger partial charge in [0.05, 0.1) is 10.6 Å². The number of para-hydroxylation sites is 1. The number of anilines is 1. The molecule has 1 aliphatic heterocycles. The number of benzene rings is 2. The highest BCUT2D eigenvalue weighted by atomic mass is 35.5. The summed E-state index contributed by atoms with van der Waals surface area (Å²) < 4.78 is 0. The molecule has 0 aliphatic carbocycles. The standard InChI is InChI=1S/C20H21ClN2O2/c1-13-8-9-17(18(21)10-13)20(25)23-11-14(2)22(15(3)24)12-16-6-4-5-7-19(16)23/h4-10,14H,11-12H2,1-3H3/t14-/m1/s1. The van der Waals surface area contributed by atoms with Crippen molar-refractivity contribution in [2.75, 3.05) is 11.4 Å². The van der Waals surface area contributed by atoms with Crippen LogP contribution in [0.5, 0.6) is 0 Å². The van der Waals surface area contributed by atoms with Gasteiger partial charge < -0.3 is 9.80 Å². The largest absolute Gasteiger partial charge is 0.334 e. The van der Waals surface area contributed by atoms with Gasteiger partial charge in [-0.05, 0) is 43.2 Å². The minimum absolute atomic E-state index is 0.00460. The van der Waals surface area contributed by atoms with E-state index in [1.54, 1.807) is 28.9 Å². The monoisotopic (exact) mass is 356 g/mol. The maximum absolute atomic E-state index is 13.2. The number of aryl methyl sites for hydroxylation is 1. The lowest BCUT2D eigenvalue weighted by Gasteiger charge is -2.28. The van der Waals surface area contributed by atoms with Crippen molar-refractivity contribution in [3.05, 3.63) is 64.2 Å². The van der Waals surface area contributed by atoms with Crippen LogP contribution < -0.4 is 4.90 Å². The summed E-state index contributed by atoms with van der Waals surface area (Å²) in [7, 11) is 0. The topological polar surface area (TPSA) is 40.6 Å². The van der Waals surface area contributed by atoms with E-state index in [2.05, 4.69) is 0 Å². The lowest BCUT2D eigenvalue weighted by Crippen LogP contribution is -2.43. The number of hydrogen-bond donors (Lipinski definition) is 0. The van der Waals surface area contributed by atoms with Gasteiger partial charge >= 0.3 is 0 Å². The number of amides is 2. The van der Waals surface area contributed by atoms with E-state index in [1.807, 2.05) is 44.2 Å². The van der Waals surface area contributed by atoms with Gasteiger partial charge in [0.25, 0.3) is 5.91 Å². The molecule has 0 radical (unpaired) electrons. The molecule has 2 amide bonds. The molecule has 3 rings (SSSR count). The van der Waals surface area contributed by atoms with Gasteiger partial charge in [-0.1, -0.05) is 35.9 Å². The van der Waals surface area contributed by atoms with Crippen molar-refractivity contribution in [1.29, 1.82) is 0 Å². The maximum atomic E-state index is 13.2. The average Bonchev–Trinajstić information content (AvgIpc) is 2.71. The summed E-state index contributed by atoms with van der Waals surface area (Å²) in [6.45, 7) is 6.39. The number of nitrogens with zero attached hydrogens (tertiary/aromatic N) is 2. The number of carbonyl (C=O) groups is 2.